The molecule has 0 radical (unpaired) electrons. The third-order valence-electron chi connectivity index (χ3n) is 5.15. The molecule has 2 aromatic heterocycles. The molecule has 4 nitrogen and oxygen atoms in total. The Labute approximate surface area is 167 Å². The Balaban J connectivity index is 1.96. The maximum absolute atomic E-state index is 4.65. The van der Waals surface area contributed by atoms with Crippen LogP contribution in [0.1, 0.15) is 0 Å². The molecule has 5 aromatic rings. The first kappa shape index (κ1) is 17.1. The van der Waals surface area contributed by atoms with Crippen LogP contribution in [0.4, 0.5) is 0 Å². The second-order valence-electron chi connectivity index (χ2n) is 6.65. The van der Waals surface area contributed by atoms with Gasteiger partial charge in [-0.2, -0.15) is 0 Å². The van der Waals surface area contributed by atoms with E-state index in [9.17, 15) is 0 Å². The van der Waals surface area contributed by atoms with Crippen LogP contribution in [0.25, 0.3) is 11.2 Å². The monoisotopic (exact) mass is 470 g/mol. The van der Waals surface area contributed by atoms with Crippen molar-refractivity contribution >= 4 is 40.6 Å². The molecular weight excluding hydrogens is 451 g/mol. The van der Waals surface area contributed by atoms with Gasteiger partial charge in [0.05, 0.1) is 0 Å². The van der Waals surface area contributed by atoms with Crippen LogP contribution in [-0.2, 0) is 0 Å². The Kier molecular flexibility index (Phi) is 4.41. The minimum atomic E-state index is -3.69. The Bertz CT molecular complexity index is 1110. The summed E-state index contributed by atoms with van der Waals surface area (Å²) in [5, 5.41) is 0. The quantitative estimate of drug-likeness (QED) is 0.380. The van der Waals surface area contributed by atoms with Gasteiger partial charge in [-0.15, -0.1) is 0 Å². The van der Waals surface area contributed by atoms with Gasteiger partial charge < -0.3 is 0 Å². The molecule has 0 aliphatic carbocycles. The van der Waals surface area contributed by atoms with E-state index in [0.29, 0.717) is 0 Å². The van der Waals surface area contributed by atoms with Crippen LogP contribution >= 0.6 is 0 Å². The van der Waals surface area contributed by atoms with Gasteiger partial charge in [-0.3, -0.25) is 0 Å². The third kappa shape index (κ3) is 2.64. The molecule has 5 rings (SSSR count). The van der Waals surface area contributed by atoms with E-state index in [4.69, 9.17) is 0 Å². The van der Waals surface area contributed by atoms with Crippen LogP contribution in [0.5, 0.6) is 0 Å². The van der Waals surface area contributed by atoms with Gasteiger partial charge in [0.1, 0.15) is 0 Å². The molecule has 0 saturated heterocycles. The van der Waals surface area contributed by atoms with Crippen molar-refractivity contribution in [1.29, 1.82) is 0 Å². The molecule has 134 valence electrons. The zero-order chi connectivity index (χ0) is 18.8. The second-order valence-corrected chi connectivity index (χ2v) is 17.0. The summed E-state index contributed by atoms with van der Waals surface area (Å²) in [4.78, 5) is 13.4. The Morgan fingerprint density at radius 3 is 1.61 bits per heavy atom. The zero-order valence-corrected chi connectivity index (χ0v) is 18.0. The van der Waals surface area contributed by atoms with Gasteiger partial charge in [0.25, 0.3) is 0 Å². The SMILES string of the molecule is c1cc[c]([Sn]([c]2ccccc2)([c]2ccccc2)[n]2cnc3cncnc32)cc1. The van der Waals surface area contributed by atoms with Crippen molar-refractivity contribution in [2.45, 2.75) is 0 Å². The molecule has 0 unspecified atom stereocenters. The van der Waals surface area contributed by atoms with Gasteiger partial charge in [-0.05, 0) is 0 Å². The number of aromatic nitrogens is 4. The van der Waals surface area contributed by atoms with Gasteiger partial charge >= 0.3 is 168 Å². The van der Waals surface area contributed by atoms with Crippen molar-refractivity contribution in [3.63, 3.8) is 0 Å². The van der Waals surface area contributed by atoms with E-state index in [1.807, 2.05) is 6.33 Å². The average Bonchev–Trinajstić information content (AvgIpc) is 3.21. The fraction of sp³-hybridized carbons (Fsp3) is 0. The Hall–Kier alpha value is -2.99. The van der Waals surface area contributed by atoms with Crippen molar-refractivity contribution in [3.8, 4) is 0 Å². The molecule has 28 heavy (non-hydrogen) atoms. The maximum atomic E-state index is 4.65. The fourth-order valence-electron chi connectivity index (χ4n) is 3.97. The number of hydrogen-bond acceptors (Lipinski definition) is 3. The van der Waals surface area contributed by atoms with E-state index in [2.05, 4.69) is 109 Å². The van der Waals surface area contributed by atoms with E-state index in [1.54, 1.807) is 12.5 Å². The molecule has 0 fully saturated rings. The first-order chi connectivity index (χ1) is 13.9. The van der Waals surface area contributed by atoms with E-state index in [0.717, 1.165) is 11.2 Å². The van der Waals surface area contributed by atoms with E-state index in [1.165, 1.54) is 10.7 Å². The number of hydrogen-bond donors (Lipinski definition) is 0. The van der Waals surface area contributed by atoms with Crippen molar-refractivity contribution in [2.75, 3.05) is 0 Å². The minimum absolute atomic E-state index is 0.825. The van der Waals surface area contributed by atoms with Gasteiger partial charge in [0.2, 0.25) is 0 Å². The van der Waals surface area contributed by atoms with Gasteiger partial charge in [-0.25, -0.2) is 0 Å². The summed E-state index contributed by atoms with van der Waals surface area (Å²) >= 11 is -3.69. The summed E-state index contributed by atoms with van der Waals surface area (Å²) in [6.45, 7) is 0. The number of fused-ring (bicyclic) bond motifs is 1. The van der Waals surface area contributed by atoms with E-state index < -0.39 is 18.7 Å². The summed E-state index contributed by atoms with van der Waals surface area (Å²) in [5.74, 6) is 0. The van der Waals surface area contributed by atoms with Crippen LogP contribution in [0, 0.1) is 0 Å². The Morgan fingerprint density at radius 1 is 0.607 bits per heavy atom. The molecule has 0 N–H and O–H groups in total. The fourth-order valence-corrected chi connectivity index (χ4v) is 17.0. The Morgan fingerprint density at radius 2 is 1.11 bits per heavy atom. The topological polar surface area (TPSA) is 43.6 Å². The molecule has 0 spiro atoms. The number of rotatable bonds is 4. The molecule has 5 heteroatoms. The van der Waals surface area contributed by atoms with Gasteiger partial charge in [0, 0.05) is 0 Å². The molecule has 0 saturated carbocycles. The summed E-state index contributed by atoms with van der Waals surface area (Å²) < 4.78 is 6.43. The predicted octanol–water partition coefficient (Wildman–Crippen LogP) is 2.34. The van der Waals surface area contributed by atoms with Crippen molar-refractivity contribution < 1.29 is 0 Å². The summed E-state index contributed by atoms with van der Waals surface area (Å²) in [5.41, 5.74) is 1.72. The molecule has 0 aliphatic rings. The summed E-state index contributed by atoms with van der Waals surface area (Å²) in [6, 6.07) is 32.5. The normalized spacial score (nSPS) is 11.6. The molecule has 0 aliphatic heterocycles. The van der Waals surface area contributed by atoms with Crippen LogP contribution in [0.3, 0.4) is 0 Å². The average molecular weight is 469 g/mol. The van der Waals surface area contributed by atoms with E-state index >= 15 is 0 Å². The van der Waals surface area contributed by atoms with Crippen LogP contribution < -0.4 is 10.7 Å². The third-order valence-corrected chi connectivity index (χ3v) is 18.2. The first-order valence-electron chi connectivity index (χ1n) is 9.21. The first-order valence-corrected chi connectivity index (χ1v) is 14.8. The van der Waals surface area contributed by atoms with Gasteiger partial charge in [-0.1, -0.05) is 0 Å². The number of imidazole rings is 1. The molecule has 2 heterocycles. The molecule has 0 bridgehead atoms. The number of benzene rings is 3. The second kappa shape index (κ2) is 7.20. The predicted molar refractivity (Wildman–Crippen MR) is 115 cm³/mol. The van der Waals surface area contributed by atoms with Crippen molar-refractivity contribution in [1.82, 2.24) is 17.7 Å². The molecule has 0 atom stereocenters. The van der Waals surface area contributed by atoms with Crippen LogP contribution in [0.2, 0.25) is 0 Å². The molecule has 3 aromatic carbocycles. The van der Waals surface area contributed by atoms with Crippen LogP contribution in [0.15, 0.2) is 110 Å². The number of nitrogens with zero attached hydrogens (tertiary/aromatic N) is 4. The van der Waals surface area contributed by atoms with E-state index in [-0.39, 0.29) is 0 Å². The van der Waals surface area contributed by atoms with Crippen LogP contribution in [-0.4, -0.2) is 36.4 Å². The summed E-state index contributed by atoms with van der Waals surface area (Å²) in [7, 11) is 0. The molecule has 0 amide bonds. The van der Waals surface area contributed by atoms with Crippen molar-refractivity contribution in [3.05, 3.63) is 110 Å². The standard InChI is InChI=1S/3C6H5.C5H3N4.Sn/c3*1-2-4-6-5-3-1;1-4-5(8-2-6-1)9-3-7-4;/h3*1-5H;1-3H;/q;;;-1;+1. The summed E-state index contributed by atoms with van der Waals surface area (Å²) in [6.07, 6.45) is 5.36. The van der Waals surface area contributed by atoms with Gasteiger partial charge in [0.15, 0.2) is 0 Å². The zero-order valence-electron chi connectivity index (χ0n) is 15.2. The van der Waals surface area contributed by atoms with Crippen molar-refractivity contribution in [2.24, 2.45) is 0 Å². The molecular formula is C23H18N4Sn.